The van der Waals surface area contributed by atoms with Crippen molar-refractivity contribution in [3.63, 3.8) is 0 Å². The Morgan fingerprint density at radius 2 is 1.60 bits per heavy atom. The van der Waals surface area contributed by atoms with E-state index in [1.807, 2.05) is 30.3 Å². The van der Waals surface area contributed by atoms with Crippen LogP contribution in [0.5, 0.6) is 0 Å². The predicted octanol–water partition coefficient (Wildman–Crippen LogP) is 4.76. The smallest absolute Gasteiger partial charge is 0.291 e. The number of carbonyl (C=O) groups excluding carboxylic acids is 2. The Morgan fingerprint density at radius 1 is 0.867 bits per heavy atom. The Kier molecular flexibility index (Phi) is 5.70. The lowest BCUT2D eigenvalue weighted by Gasteiger charge is -2.07. The van der Waals surface area contributed by atoms with Crippen molar-refractivity contribution in [3.05, 3.63) is 90.8 Å². The molecule has 7 heteroatoms. The second-order valence-corrected chi connectivity index (χ2v) is 6.54. The number of nitrogens with zero attached hydrogens (tertiary/aromatic N) is 1. The number of nitrogens with one attached hydrogen (secondary N) is 2. The van der Waals surface area contributed by atoms with Gasteiger partial charge in [-0.3, -0.25) is 9.59 Å². The molecule has 0 radical (unpaired) electrons. The Bertz CT molecular complexity index is 1120. The van der Waals surface area contributed by atoms with Gasteiger partial charge in [0.1, 0.15) is 0 Å². The van der Waals surface area contributed by atoms with Gasteiger partial charge in [-0.1, -0.05) is 30.3 Å². The molecule has 0 spiro atoms. The van der Waals surface area contributed by atoms with Gasteiger partial charge >= 0.3 is 0 Å². The van der Waals surface area contributed by atoms with Crippen LogP contribution in [0.2, 0.25) is 0 Å². The molecule has 4 aromatic rings. The molecule has 0 bridgehead atoms. The van der Waals surface area contributed by atoms with Crippen LogP contribution in [0.25, 0.3) is 11.3 Å². The number of amides is 2. The fourth-order valence-electron chi connectivity index (χ4n) is 2.84. The Balaban J connectivity index is 1.27. The highest BCUT2D eigenvalue weighted by Crippen LogP contribution is 2.20. The van der Waals surface area contributed by atoms with Gasteiger partial charge in [-0.05, 0) is 36.4 Å². The highest BCUT2D eigenvalue weighted by atomic mass is 16.4. The summed E-state index contributed by atoms with van der Waals surface area (Å²) >= 11 is 0. The summed E-state index contributed by atoms with van der Waals surface area (Å²) in [6.07, 6.45) is 3.74. The predicted molar refractivity (Wildman–Crippen MR) is 112 cm³/mol. The standard InChI is InChI=1S/C23H19N3O4/c27-21(12-13-22-24-15-20(30-22)16-5-2-1-3-6-16)25-17-8-10-18(11-9-17)26-23(28)19-7-4-14-29-19/h1-11,14-15H,12-13H2,(H,25,27)(H,26,28). The molecule has 2 amide bonds. The van der Waals surface area contributed by atoms with E-state index in [-0.39, 0.29) is 24.0 Å². The van der Waals surface area contributed by atoms with Gasteiger partial charge in [0, 0.05) is 29.8 Å². The van der Waals surface area contributed by atoms with Crippen molar-refractivity contribution in [2.45, 2.75) is 12.8 Å². The molecule has 0 saturated heterocycles. The van der Waals surface area contributed by atoms with Crippen molar-refractivity contribution >= 4 is 23.2 Å². The van der Waals surface area contributed by atoms with Crippen molar-refractivity contribution in [3.8, 4) is 11.3 Å². The zero-order chi connectivity index (χ0) is 20.8. The first-order valence-corrected chi connectivity index (χ1v) is 9.42. The lowest BCUT2D eigenvalue weighted by Crippen LogP contribution is -2.13. The van der Waals surface area contributed by atoms with Crippen LogP contribution < -0.4 is 10.6 Å². The Labute approximate surface area is 172 Å². The van der Waals surface area contributed by atoms with E-state index in [9.17, 15) is 9.59 Å². The van der Waals surface area contributed by atoms with Crippen LogP contribution in [-0.4, -0.2) is 16.8 Å². The van der Waals surface area contributed by atoms with Crippen LogP contribution in [0.15, 0.2) is 88.0 Å². The lowest BCUT2D eigenvalue weighted by molar-refractivity contribution is -0.116. The van der Waals surface area contributed by atoms with Crippen LogP contribution in [-0.2, 0) is 11.2 Å². The molecule has 2 heterocycles. The van der Waals surface area contributed by atoms with E-state index in [0.717, 1.165) is 5.56 Å². The van der Waals surface area contributed by atoms with Gasteiger partial charge in [0.2, 0.25) is 5.91 Å². The first kappa shape index (κ1) is 19.2. The van der Waals surface area contributed by atoms with Crippen molar-refractivity contribution in [2.75, 3.05) is 10.6 Å². The van der Waals surface area contributed by atoms with Gasteiger partial charge < -0.3 is 19.5 Å². The van der Waals surface area contributed by atoms with Gasteiger partial charge in [-0.25, -0.2) is 4.98 Å². The minimum Gasteiger partial charge on any atom is -0.459 e. The molecule has 0 aliphatic heterocycles. The molecule has 0 fully saturated rings. The monoisotopic (exact) mass is 401 g/mol. The minimum absolute atomic E-state index is 0.151. The van der Waals surface area contributed by atoms with Crippen molar-refractivity contribution in [2.24, 2.45) is 0 Å². The maximum absolute atomic E-state index is 12.2. The van der Waals surface area contributed by atoms with Crippen LogP contribution in [0.3, 0.4) is 0 Å². The lowest BCUT2D eigenvalue weighted by atomic mass is 10.2. The zero-order valence-corrected chi connectivity index (χ0v) is 16.0. The van der Waals surface area contributed by atoms with Crippen molar-refractivity contribution < 1.29 is 18.4 Å². The summed E-state index contributed by atoms with van der Waals surface area (Å²) in [5.74, 6) is 0.937. The maximum Gasteiger partial charge on any atom is 0.291 e. The summed E-state index contributed by atoms with van der Waals surface area (Å²) < 4.78 is 10.8. The molecule has 0 aliphatic carbocycles. The number of aromatic nitrogens is 1. The third-order valence-electron chi connectivity index (χ3n) is 4.35. The summed E-state index contributed by atoms with van der Waals surface area (Å²) in [4.78, 5) is 28.4. The zero-order valence-electron chi connectivity index (χ0n) is 16.0. The number of anilines is 2. The number of aryl methyl sites for hydroxylation is 1. The van der Waals surface area contributed by atoms with Crippen molar-refractivity contribution in [1.29, 1.82) is 0 Å². The van der Waals surface area contributed by atoms with E-state index in [4.69, 9.17) is 8.83 Å². The highest BCUT2D eigenvalue weighted by molar-refractivity contribution is 6.02. The van der Waals surface area contributed by atoms with Crippen LogP contribution in [0.4, 0.5) is 11.4 Å². The number of oxazole rings is 1. The molecule has 0 saturated carbocycles. The van der Waals surface area contributed by atoms with E-state index in [1.165, 1.54) is 6.26 Å². The SMILES string of the molecule is O=C(CCc1ncc(-c2ccccc2)o1)Nc1ccc(NC(=O)c2ccco2)cc1. The van der Waals surface area contributed by atoms with Crippen LogP contribution in [0, 0.1) is 0 Å². The molecule has 0 aliphatic rings. The van der Waals surface area contributed by atoms with Crippen molar-refractivity contribution in [1.82, 2.24) is 4.98 Å². The van der Waals surface area contributed by atoms with E-state index < -0.39 is 0 Å². The molecule has 4 rings (SSSR count). The van der Waals surface area contributed by atoms with E-state index >= 15 is 0 Å². The fourth-order valence-corrected chi connectivity index (χ4v) is 2.84. The first-order chi connectivity index (χ1) is 14.7. The molecule has 2 N–H and O–H groups in total. The molecular weight excluding hydrogens is 382 g/mol. The van der Waals surface area contributed by atoms with Crippen LogP contribution >= 0.6 is 0 Å². The van der Waals surface area contributed by atoms with E-state index in [0.29, 0.717) is 29.4 Å². The third kappa shape index (κ3) is 4.82. The van der Waals surface area contributed by atoms with Gasteiger partial charge in [-0.2, -0.15) is 0 Å². The molecular formula is C23H19N3O4. The number of furan rings is 1. The van der Waals surface area contributed by atoms with Crippen LogP contribution in [0.1, 0.15) is 22.9 Å². The highest BCUT2D eigenvalue weighted by Gasteiger charge is 2.10. The summed E-state index contributed by atoms with van der Waals surface area (Å²) in [5, 5.41) is 5.54. The molecule has 30 heavy (non-hydrogen) atoms. The summed E-state index contributed by atoms with van der Waals surface area (Å²) in [7, 11) is 0. The summed E-state index contributed by atoms with van der Waals surface area (Å²) in [5.41, 5.74) is 2.18. The average Bonchev–Trinajstić information content (AvgIpc) is 3.47. The molecule has 0 atom stereocenters. The average molecular weight is 401 g/mol. The molecule has 150 valence electrons. The molecule has 2 aromatic carbocycles. The topological polar surface area (TPSA) is 97.4 Å². The molecule has 2 aromatic heterocycles. The first-order valence-electron chi connectivity index (χ1n) is 9.42. The number of hydrogen-bond acceptors (Lipinski definition) is 5. The number of hydrogen-bond donors (Lipinski definition) is 2. The third-order valence-corrected chi connectivity index (χ3v) is 4.35. The maximum atomic E-state index is 12.2. The second-order valence-electron chi connectivity index (χ2n) is 6.54. The second kappa shape index (κ2) is 8.91. The van der Waals surface area contributed by atoms with E-state index in [1.54, 1.807) is 42.6 Å². The van der Waals surface area contributed by atoms with Gasteiger partial charge in [0.15, 0.2) is 17.4 Å². The molecule has 7 nitrogen and oxygen atoms in total. The minimum atomic E-state index is -0.336. The normalized spacial score (nSPS) is 10.5. The number of benzene rings is 2. The Morgan fingerprint density at radius 3 is 2.30 bits per heavy atom. The number of carbonyl (C=O) groups is 2. The molecule has 0 unspecified atom stereocenters. The summed E-state index contributed by atoms with van der Waals surface area (Å²) in [6, 6.07) is 19.8. The van der Waals surface area contributed by atoms with E-state index in [2.05, 4.69) is 15.6 Å². The number of rotatable bonds is 7. The van der Waals surface area contributed by atoms with Gasteiger partial charge in [-0.15, -0.1) is 0 Å². The fraction of sp³-hybridized carbons (Fsp3) is 0.0870. The Hall–Kier alpha value is -4.13. The van der Waals surface area contributed by atoms with Gasteiger partial charge in [0.25, 0.3) is 5.91 Å². The quantitative estimate of drug-likeness (QED) is 0.465. The largest absolute Gasteiger partial charge is 0.459 e. The van der Waals surface area contributed by atoms with Gasteiger partial charge in [0.05, 0.1) is 12.5 Å². The summed E-state index contributed by atoms with van der Waals surface area (Å²) in [6.45, 7) is 0.